The lowest BCUT2D eigenvalue weighted by atomic mass is 10.2. The highest BCUT2D eigenvalue weighted by Crippen LogP contribution is 2.19. The van der Waals surface area contributed by atoms with Gasteiger partial charge in [-0.1, -0.05) is 13.0 Å². The number of amides is 1. The molecule has 2 heterocycles. The second kappa shape index (κ2) is 9.82. The summed E-state index contributed by atoms with van der Waals surface area (Å²) in [6.45, 7) is 2.03. The number of aromatic nitrogens is 2. The summed E-state index contributed by atoms with van der Waals surface area (Å²) < 4.78 is 0. The highest BCUT2D eigenvalue weighted by atomic mass is 32.1. The normalized spacial score (nSPS) is 11.6. The standard InChI is InChI=1S/C20H23N5O2S/c1-2-15(12-26)22-18-6-8-21-20(25-18)24-17-5-3-4-16(11-17)23-19(27)10-14-7-9-28-13-14/h3-9,11,13,15,26H,2,10,12H2,1H3,(H,23,27)(H2,21,22,24,25)/t15-/m0/s1. The first-order chi connectivity index (χ1) is 13.7. The highest BCUT2D eigenvalue weighted by Gasteiger charge is 2.08. The molecule has 0 aliphatic carbocycles. The molecule has 0 saturated carbocycles. The average molecular weight is 398 g/mol. The van der Waals surface area contributed by atoms with Crippen LogP contribution in [0.15, 0.2) is 53.4 Å². The zero-order chi connectivity index (χ0) is 19.8. The predicted molar refractivity (Wildman–Crippen MR) is 113 cm³/mol. The predicted octanol–water partition coefficient (Wildman–Crippen LogP) is 3.65. The van der Waals surface area contributed by atoms with Crippen molar-refractivity contribution >= 4 is 40.4 Å². The molecule has 0 spiro atoms. The molecule has 8 heteroatoms. The number of hydrogen-bond acceptors (Lipinski definition) is 7. The number of benzene rings is 1. The van der Waals surface area contributed by atoms with Crippen molar-refractivity contribution in [1.29, 1.82) is 0 Å². The molecule has 0 fully saturated rings. The molecule has 28 heavy (non-hydrogen) atoms. The molecule has 1 aromatic carbocycles. The molecule has 3 rings (SSSR count). The molecular weight excluding hydrogens is 374 g/mol. The molecule has 0 aliphatic rings. The molecule has 0 radical (unpaired) electrons. The maximum absolute atomic E-state index is 12.2. The van der Waals surface area contributed by atoms with E-state index < -0.39 is 0 Å². The van der Waals surface area contributed by atoms with E-state index in [4.69, 9.17) is 0 Å². The lowest BCUT2D eigenvalue weighted by Gasteiger charge is -2.15. The first-order valence-electron chi connectivity index (χ1n) is 9.04. The van der Waals surface area contributed by atoms with Crippen molar-refractivity contribution in [2.45, 2.75) is 25.8 Å². The summed E-state index contributed by atoms with van der Waals surface area (Å²) >= 11 is 1.58. The smallest absolute Gasteiger partial charge is 0.229 e. The first-order valence-corrected chi connectivity index (χ1v) is 9.99. The van der Waals surface area contributed by atoms with Crippen LogP contribution in [0.1, 0.15) is 18.9 Å². The van der Waals surface area contributed by atoms with Gasteiger partial charge in [-0.2, -0.15) is 16.3 Å². The average Bonchev–Trinajstić information content (AvgIpc) is 3.19. The van der Waals surface area contributed by atoms with Crippen molar-refractivity contribution in [1.82, 2.24) is 9.97 Å². The minimum atomic E-state index is -0.0624. The van der Waals surface area contributed by atoms with E-state index >= 15 is 0 Å². The van der Waals surface area contributed by atoms with Gasteiger partial charge in [-0.05, 0) is 53.1 Å². The van der Waals surface area contributed by atoms with Crippen molar-refractivity contribution in [3.05, 3.63) is 58.9 Å². The highest BCUT2D eigenvalue weighted by molar-refractivity contribution is 7.08. The Hall–Kier alpha value is -2.97. The van der Waals surface area contributed by atoms with E-state index in [0.29, 0.717) is 23.9 Å². The first kappa shape index (κ1) is 19.8. The molecule has 2 aromatic heterocycles. The molecule has 0 unspecified atom stereocenters. The van der Waals surface area contributed by atoms with Crippen molar-refractivity contribution in [2.24, 2.45) is 0 Å². The van der Waals surface area contributed by atoms with E-state index in [9.17, 15) is 9.90 Å². The number of nitrogens with zero attached hydrogens (tertiary/aromatic N) is 2. The van der Waals surface area contributed by atoms with Gasteiger partial charge in [0.1, 0.15) is 5.82 Å². The summed E-state index contributed by atoms with van der Waals surface area (Å²) in [6.07, 6.45) is 2.78. The quantitative estimate of drug-likeness (QED) is 0.440. The van der Waals surface area contributed by atoms with E-state index in [0.717, 1.165) is 17.7 Å². The summed E-state index contributed by atoms with van der Waals surface area (Å²) in [6, 6.07) is 11.0. The van der Waals surface area contributed by atoms with Crippen LogP contribution in [-0.2, 0) is 11.2 Å². The molecule has 4 N–H and O–H groups in total. The topological polar surface area (TPSA) is 99.2 Å². The van der Waals surface area contributed by atoms with Gasteiger partial charge >= 0.3 is 0 Å². The lowest BCUT2D eigenvalue weighted by Crippen LogP contribution is -2.23. The van der Waals surface area contributed by atoms with Crippen LogP contribution in [0.4, 0.5) is 23.1 Å². The molecule has 1 atom stereocenters. The zero-order valence-electron chi connectivity index (χ0n) is 15.6. The minimum Gasteiger partial charge on any atom is -0.394 e. The second-order valence-corrected chi connectivity index (χ2v) is 7.04. The third-order valence-corrected chi connectivity index (χ3v) is 4.80. The van der Waals surface area contributed by atoms with Crippen LogP contribution in [-0.4, -0.2) is 33.6 Å². The van der Waals surface area contributed by atoms with Crippen molar-refractivity contribution in [3.63, 3.8) is 0 Å². The van der Waals surface area contributed by atoms with E-state index in [2.05, 4.69) is 25.9 Å². The third kappa shape index (κ3) is 5.77. The number of rotatable bonds is 9. The lowest BCUT2D eigenvalue weighted by molar-refractivity contribution is -0.115. The number of nitrogens with one attached hydrogen (secondary N) is 3. The Morgan fingerprint density at radius 1 is 1.25 bits per heavy atom. The summed E-state index contributed by atoms with van der Waals surface area (Å²) in [5.41, 5.74) is 2.47. The largest absolute Gasteiger partial charge is 0.394 e. The third-order valence-electron chi connectivity index (χ3n) is 4.07. The summed E-state index contributed by atoms with van der Waals surface area (Å²) in [4.78, 5) is 20.8. The van der Waals surface area contributed by atoms with Gasteiger partial charge in [0.15, 0.2) is 0 Å². The molecule has 0 saturated heterocycles. The fraction of sp³-hybridized carbons (Fsp3) is 0.250. The van der Waals surface area contributed by atoms with Crippen molar-refractivity contribution in [2.75, 3.05) is 22.6 Å². The summed E-state index contributed by atoms with van der Waals surface area (Å²) in [5.74, 6) is 1.01. The van der Waals surface area contributed by atoms with E-state index in [-0.39, 0.29) is 18.6 Å². The fourth-order valence-corrected chi connectivity index (χ4v) is 3.24. The van der Waals surface area contributed by atoms with Crippen molar-refractivity contribution in [3.8, 4) is 0 Å². The fourth-order valence-electron chi connectivity index (χ4n) is 2.57. The van der Waals surface area contributed by atoms with Crippen LogP contribution in [0.5, 0.6) is 0 Å². The van der Waals surface area contributed by atoms with E-state index in [1.807, 2.05) is 48.0 Å². The Balaban J connectivity index is 1.63. The molecule has 146 valence electrons. The SMILES string of the molecule is CC[C@@H](CO)Nc1ccnc(Nc2cccc(NC(=O)Cc3ccsc3)c2)n1. The molecule has 1 amide bonds. The van der Waals surface area contributed by atoms with Gasteiger partial charge in [0.2, 0.25) is 11.9 Å². The number of carbonyl (C=O) groups is 1. The van der Waals surface area contributed by atoms with Gasteiger partial charge in [-0.25, -0.2) is 4.98 Å². The number of aliphatic hydroxyl groups is 1. The molecule has 3 aromatic rings. The van der Waals surface area contributed by atoms with Crippen LogP contribution in [0.2, 0.25) is 0 Å². The Labute approximate surface area is 167 Å². The summed E-state index contributed by atoms with van der Waals surface area (Å²) in [7, 11) is 0. The van der Waals surface area contributed by atoms with Gasteiger partial charge in [-0.15, -0.1) is 0 Å². The number of hydrogen-bond donors (Lipinski definition) is 4. The molecule has 7 nitrogen and oxygen atoms in total. The van der Waals surface area contributed by atoms with Gasteiger partial charge < -0.3 is 21.1 Å². The minimum absolute atomic E-state index is 0.0381. The Bertz CT molecular complexity index is 897. The maximum Gasteiger partial charge on any atom is 0.229 e. The van der Waals surface area contributed by atoms with E-state index in [1.165, 1.54) is 0 Å². The van der Waals surface area contributed by atoms with E-state index in [1.54, 1.807) is 23.6 Å². The number of anilines is 4. The second-order valence-electron chi connectivity index (χ2n) is 6.26. The molecule has 0 aliphatic heterocycles. The van der Waals surface area contributed by atoms with Gasteiger partial charge in [-0.3, -0.25) is 4.79 Å². The Morgan fingerprint density at radius 3 is 2.86 bits per heavy atom. The van der Waals surface area contributed by atoms with Crippen LogP contribution in [0.25, 0.3) is 0 Å². The van der Waals surface area contributed by atoms with Gasteiger partial charge in [0.25, 0.3) is 0 Å². The van der Waals surface area contributed by atoms with Gasteiger partial charge in [0, 0.05) is 17.6 Å². The monoisotopic (exact) mass is 397 g/mol. The molecule has 0 bridgehead atoms. The Kier molecular flexibility index (Phi) is 6.94. The van der Waals surface area contributed by atoms with Crippen LogP contribution < -0.4 is 16.0 Å². The van der Waals surface area contributed by atoms with Crippen molar-refractivity contribution < 1.29 is 9.90 Å². The zero-order valence-corrected chi connectivity index (χ0v) is 16.4. The van der Waals surface area contributed by atoms with Gasteiger partial charge in [0.05, 0.1) is 19.1 Å². The Morgan fingerprint density at radius 2 is 2.11 bits per heavy atom. The van der Waals surface area contributed by atoms with Crippen LogP contribution in [0.3, 0.4) is 0 Å². The number of thiophene rings is 1. The number of carbonyl (C=O) groups excluding carboxylic acids is 1. The maximum atomic E-state index is 12.2. The molecular formula is C20H23N5O2S. The van der Waals surface area contributed by atoms with Crippen LogP contribution >= 0.6 is 11.3 Å². The van der Waals surface area contributed by atoms with Crippen LogP contribution in [0, 0.1) is 0 Å². The number of aliphatic hydroxyl groups excluding tert-OH is 1. The summed E-state index contributed by atoms with van der Waals surface area (Å²) in [5, 5.41) is 22.5.